The number of unbranched alkanes of at least 4 members (excludes halogenated alkanes) is 39. The number of hydrogen-bond donors (Lipinski definition) is 4. The Labute approximate surface area is 363 Å². The van der Waals surface area contributed by atoms with Gasteiger partial charge >= 0.3 is 0 Å². The van der Waals surface area contributed by atoms with Crippen LogP contribution in [0.2, 0.25) is 0 Å². The maximum absolute atomic E-state index is 12.5. The second-order valence-corrected chi connectivity index (χ2v) is 18.4. The molecule has 0 aliphatic rings. The quantitative estimate of drug-likeness (QED) is 0.0364. The van der Waals surface area contributed by atoms with Gasteiger partial charge in [-0.2, -0.15) is 0 Å². The van der Waals surface area contributed by atoms with Gasteiger partial charge in [-0.05, 0) is 38.5 Å². The summed E-state index contributed by atoms with van der Waals surface area (Å²) in [6, 6.07) is -0.821. The van der Waals surface area contributed by atoms with Crippen LogP contribution in [0.4, 0.5) is 0 Å². The topological polar surface area (TPSA) is 89.8 Å². The van der Waals surface area contributed by atoms with Crippen LogP contribution in [0.15, 0.2) is 12.2 Å². The molecule has 0 aromatic heterocycles. The highest BCUT2D eigenvalue weighted by Gasteiger charge is 2.26. The van der Waals surface area contributed by atoms with Gasteiger partial charge in [0, 0.05) is 6.42 Å². The SMILES string of the molecule is CCCCCCCCCC/C=C/CCCC(O)C(O)C(CO)NC(=O)CCCCCCCCCCCCCCCCCCCCCCCCCCCCCCCCC. The first kappa shape index (κ1) is 57.1. The zero-order valence-electron chi connectivity index (χ0n) is 39.5. The average molecular weight is 820 g/mol. The highest BCUT2D eigenvalue weighted by Crippen LogP contribution is 2.18. The number of carbonyl (C=O) groups excluding carboxylic acids is 1. The molecule has 0 spiro atoms. The van der Waals surface area contributed by atoms with Gasteiger partial charge in [-0.25, -0.2) is 0 Å². The Balaban J connectivity index is 3.46. The van der Waals surface area contributed by atoms with Crippen LogP contribution in [0.1, 0.15) is 296 Å². The van der Waals surface area contributed by atoms with E-state index in [1.165, 1.54) is 231 Å². The number of amides is 1. The number of hydrogen-bond acceptors (Lipinski definition) is 4. The molecule has 0 saturated heterocycles. The van der Waals surface area contributed by atoms with Gasteiger partial charge in [0.15, 0.2) is 0 Å². The fraction of sp³-hybridized carbons (Fsp3) is 0.943. The molecule has 5 heteroatoms. The van der Waals surface area contributed by atoms with E-state index in [1.807, 2.05) is 0 Å². The predicted molar refractivity (Wildman–Crippen MR) is 255 cm³/mol. The van der Waals surface area contributed by atoms with E-state index in [9.17, 15) is 20.1 Å². The average Bonchev–Trinajstić information content (AvgIpc) is 3.23. The lowest BCUT2D eigenvalue weighted by Gasteiger charge is -2.26. The Hall–Kier alpha value is -0.910. The van der Waals surface area contributed by atoms with E-state index in [1.54, 1.807) is 0 Å². The number of aliphatic hydroxyl groups is 3. The van der Waals surface area contributed by atoms with Crippen molar-refractivity contribution in [3.8, 4) is 0 Å². The lowest BCUT2D eigenvalue weighted by Crippen LogP contribution is -2.50. The van der Waals surface area contributed by atoms with E-state index in [0.29, 0.717) is 12.8 Å². The van der Waals surface area contributed by atoms with E-state index >= 15 is 0 Å². The van der Waals surface area contributed by atoms with Crippen LogP contribution < -0.4 is 5.32 Å². The molecular weight excluding hydrogens is 715 g/mol. The molecule has 0 fully saturated rings. The van der Waals surface area contributed by atoms with Gasteiger partial charge in [-0.1, -0.05) is 264 Å². The molecule has 0 heterocycles. The van der Waals surface area contributed by atoms with Gasteiger partial charge in [-0.3, -0.25) is 4.79 Å². The van der Waals surface area contributed by atoms with Crippen LogP contribution in [0.25, 0.3) is 0 Å². The summed E-state index contributed by atoms with van der Waals surface area (Å²) in [5, 5.41) is 33.6. The Morgan fingerprint density at radius 1 is 0.414 bits per heavy atom. The number of carbonyl (C=O) groups is 1. The summed E-state index contributed by atoms with van der Waals surface area (Å²) in [6.45, 7) is 4.18. The van der Waals surface area contributed by atoms with Gasteiger partial charge in [0.05, 0.1) is 18.8 Å². The van der Waals surface area contributed by atoms with Crippen molar-refractivity contribution in [1.82, 2.24) is 5.32 Å². The molecule has 0 rings (SSSR count). The molecule has 5 nitrogen and oxygen atoms in total. The summed E-state index contributed by atoms with van der Waals surface area (Å²) in [4.78, 5) is 12.5. The van der Waals surface area contributed by atoms with Crippen LogP contribution in [0, 0.1) is 0 Å². The summed E-state index contributed by atoms with van der Waals surface area (Å²) in [7, 11) is 0. The lowest BCUT2D eigenvalue weighted by molar-refractivity contribution is -0.124. The largest absolute Gasteiger partial charge is 0.394 e. The zero-order chi connectivity index (χ0) is 42.3. The highest BCUT2D eigenvalue weighted by atomic mass is 16.3. The molecule has 0 aromatic carbocycles. The summed E-state index contributed by atoms with van der Waals surface area (Å²) in [6.07, 6.45) is 59.4. The predicted octanol–water partition coefficient (Wildman–Crippen LogP) is 15.9. The van der Waals surface area contributed by atoms with Crippen molar-refractivity contribution in [1.29, 1.82) is 0 Å². The van der Waals surface area contributed by atoms with E-state index in [0.717, 1.165) is 38.5 Å². The smallest absolute Gasteiger partial charge is 0.220 e. The minimum absolute atomic E-state index is 0.149. The summed E-state index contributed by atoms with van der Waals surface area (Å²) in [5.41, 5.74) is 0. The molecule has 0 aliphatic heterocycles. The molecule has 4 N–H and O–H groups in total. The number of rotatable bonds is 49. The molecule has 0 aromatic rings. The molecule has 58 heavy (non-hydrogen) atoms. The van der Waals surface area contributed by atoms with Crippen LogP contribution in [-0.2, 0) is 4.79 Å². The van der Waals surface area contributed by atoms with E-state index in [4.69, 9.17) is 0 Å². The third kappa shape index (κ3) is 43.2. The molecule has 0 aliphatic carbocycles. The molecule has 0 radical (unpaired) electrons. The molecule has 3 atom stereocenters. The highest BCUT2D eigenvalue weighted by molar-refractivity contribution is 5.76. The van der Waals surface area contributed by atoms with Gasteiger partial charge < -0.3 is 20.6 Å². The zero-order valence-corrected chi connectivity index (χ0v) is 39.5. The van der Waals surface area contributed by atoms with Crippen LogP contribution >= 0.6 is 0 Å². The maximum Gasteiger partial charge on any atom is 0.220 e. The molecule has 1 amide bonds. The van der Waals surface area contributed by atoms with Crippen molar-refractivity contribution >= 4 is 5.91 Å². The van der Waals surface area contributed by atoms with Crippen molar-refractivity contribution in [3.05, 3.63) is 12.2 Å². The second-order valence-electron chi connectivity index (χ2n) is 18.4. The molecular formula is C53H105NO4. The summed E-state index contributed by atoms with van der Waals surface area (Å²) >= 11 is 0. The molecule has 346 valence electrons. The maximum atomic E-state index is 12.5. The second kappa shape index (κ2) is 48.8. The number of allylic oxidation sites excluding steroid dienone is 2. The third-order valence-corrected chi connectivity index (χ3v) is 12.6. The van der Waals surface area contributed by atoms with Gasteiger partial charge in [0.1, 0.15) is 6.10 Å². The van der Waals surface area contributed by atoms with Crippen molar-refractivity contribution < 1.29 is 20.1 Å². The van der Waals surface area contributed by atoms with Crippen molar-refractivity contribution in [2.45, 2.75) is 315 Å². The van der Waals surface area contributed by atoms with Crippen LogP contribution in [-0.4, -0.2) is 46.1 Å². The van der Waals surface area contributed by atoms with Gasteiger partial charge in [0.2, 0.25) is 5.91 Å². The third-order valence-electron chi connectivity index (χ3n) is 12.6. The molecule has 3 unspecified atom stereocenters. The molecule has 0 saturated carbocycles. The van der Waals surface area contributed by atoms with Crippen LogP contribution in [0.5, 0.6) is 0 Å². The Morgan fingerprint density at radius 2 is 0.690 bits per heavy atom. The van der Waals surface area contributed by atoms with E-state index in [-0.39, 0.29) is 12.5 Å². The van der Waals surface area contributed by atoms with Crippen molar-refractivity contribution in [2.24, 2.45) is 0 Å². The Kier molecular flexibility index (Phi) is 48.0. The van der Waals surface area contributed by atoms with Crippen molar-refractivity contribution in [2.75, 3.05) is 6.61 Å². The van der Waals surface area contributed by atoms with Crippen molar-refractivity contribution in [3.63, 3.8) is 0 Å². The monoisotopic (exact) mass is 820 g/mol. The minimum Gasteiger partial charge on any atom is -0.394 e. The summed E-state index contributed by atoms with van der Waals surface area (Å²) in [5.74, 6) is -0.149. The number of aliphatic hydroxyl groups excluding tert-OH is 3. The molecule has 0 bridgehead atoms. The van der Waals surface area contributed by atoms with Gasteiger partial charge in [-0.15, -0.1) is 0 Å². The van der Waals surface area contributed by atoms with E-state index in [2.05, 4.69) is 31.3 Å². The fourth-order valence-corrected chi connectivity index (χ4v) is 8.52. The first-order valence-electron chi connectivity index (χ1n) is 26.5. The lowest BCUT2D eigenvalue weighted by atomic mass is 10.0. The standard InChI is InChI=1S/C53H105NO4/c1-3-5-7-9-11-13-15-17-18-19-20-21-22-23-24-25-26-27-28-29-30-31-32-33-34-36-38-40-42-44-46-48-52(57)54-50(49-55)53(58)51(56)47-45-43-41-39-37-35-16-14-12-10-8-6-4-2/h39,41,50-51,53,55-56,58H,3-38,40,42-49H2,1-2H3,(H,54,57)/b41-39+. The van der Waals surface area contributed by atoms with Gasteiger partial charge in [0.25, 0.3) is 0 Å². The first-order valence-corrected chi connectivity index (χ1v) is 26.5. The summed E-state index contributed by atoms with van der Waals surface area (Å²) < 4.78 is 0. The Bertz CT molecular complexity index is 818. The Morgan fingerprint density at radius 3 is 1.00 bits per heavy atom. The normalized spacial score (nSPS) is 13.4. The van der Waals surface area contributed by atoms with E-state index < -0.39 is 18.2 Å². The minimum atomic E-state index is -1.15. The fourth-order valence-electron chi connectivity index (χ4n) is 8.52. The number of nitrogens with one attached hydrogen (secondary N) is 1. The first-order chi connectivity index (χ1) is 28.6. The van der Waals surface area contributed by atoms with Crippen LogP contribution in [0.3, 0.4) is 0 Å².